The molecule has 1 aliphatic rings. The molecule has 0 spiro atoms. The van der Waals surface area contributed by atoms with Gasteiger partial charge in [-0.05, 0) is 31.9 Å². The summed E-state index contributed by atoms with van der Waals surface area (Å²) in [6, 6.07) is 3.82. The maximum absolute atomic E-state index is 12.8. The van der Waals surface area contributed by atoms with Gasteiger partial charge in [0.15, 0.2) is 5.82 Å². The third-order valence-corrected chi connectivity index (χ3v) is 7.47. The van der Waals surface area contributed by atoms with E-state index in [1.807, 2.05) is 0 Å². The number of nitrogens with one attached hydrogen (secondary N) is 1. The number of ether oxygens (including phenoxy) is 1. The molecular formula is C22H20F5N5O3S. The fraction of sp³-hybridized carbons (Fsp3) is 0.409. The second-order valence-electron chi connectivity index (χ2n) is 8.33. The molecule has 1 aliphatic carbocycles. The van der Waals surface area contributed by atoms with Crippen molar-refractivity contribution < 1.29 is 35.1 Å². The number of benzene rings is 1. The first kappa shape index (κ1) is 25.8. The van der Waals surface area contributed by atoms with Crippen LogP contribution >= 0.6 is 0 Å². The van der Waals surface area contributed by atoms with Crippen molar-refractivity contribution in [1.82, 2.24) is 19.3 Å². The quantitative estimate of drug-likeness (QED) is 0.436. The monoisotopic (exact) mass is 529 g/mol. The molecule has 1 saturated carbocycles. The van der Waals surface area contributed by atoms with E-state index in [1.165, 1.54) is 22.9 Å². The predicted molar refractivity (Wildman–Crippen MR) is 118 cm³/mol. The molecule has 36 heavy (non-hydrogen) atoms. The van der Waals surface area contributed by atoms with Crippen LogP contribution in [-0.2, 0) is 10.0 Å². The highest BCUT2D eigenvalue weighted by Gasteiger charge is 2.39. The van der Waals surface area contributed by atoms with Crippen molar-refractivity contribution in [3.8, 4) is 23.3 Å². The summed E-state index contributed by atoms with van der Waals surface area (Å²) >= 11 is 0. The van der Waals surface area contributed by atoms with Crippen LogP contribution in [0.2, 0.25) is 0 Å². The number of nitriles is 1. The highest BCUT2D eigenvalue weighted by Crippen LogP contribution is 2.41. The van der Waals surface area contributed by atoms with Gasteiger partial charge in [0.25, 0.3) is 0 Å². The van der Waals surface area contributed by atoms with Crippen LogP contribution in [0.25, 0.3) is 22.4 Å². The summed E-state index contributed by atoms with van der Waals surface area (Å²) in [5.74, 6) is -0.133. The van der Waals surface area contributed by atoms with E-state index in [1.54, 1.807) is 4.57 Å². The van der Waals surface area contributed by atoms with Gasteiger partial charge < -0.3 is 9.30 Å². The summed E-state index contributed by atoms with van der Waals surface area (Å²) in [6.07, 6.45) is 0.221. The standard InChI is InChI=1S/C22H20F5N5O3S/c1-12(22(25,26)27)31-36(33,34)15-10-29-20(30-11-15)19-17(9-28)16-7-6-14(35-21(23)24)8-18(16)32(19)13-4-2-3-5-13/h6-8,10-13,21,31H,2-5H2,1H3/t12-/m0/s1. The van der Waals surface area contributed by atoms with Gasteiger partial charge in [0, 0.05) is 17.5 Å². The predicted octanol–water partition coefficient (Wildman–Crippen LogP) is 4.92. The van der Waals surface area contributed by atoms with Crippen molar-refractivity contribution in [2.75, 3.05) is 0 Å². The SMILES string of the molecule is C[C@H](NS(=O)(=O)c1cnc(-c2c(C#N)c3ccc(OC(F)F)cc3n2C2CCCC2)nc1)C(F)(F)F. The van der Waals surface area contributed by atoms with Crippen molar-refractivity contribution in [3.63, 3.8) is 0 Å². The van der Waals surface area contributed by atoms with Gasteiger partial charge in [-0.25, -0.2) is 18.4 Å². The molecule has 0 aliphatic heterocycles. The molecule has 1 N–H and O–H groups in total. The summed E-state index contributed by atoms with van der Waals surface area (Å²) in [5.41, 5.74) is 0.863. The normalized spacial score (nSPS) is 15.9. The molecule has 1 fully saturated rings. The van der Waals surface area contributed by atoms with E-state index in [9.17, 15) is 35.6 Å². The van der Waals surface area contributed by atoms with Gasteiger partial charge in [-0.15, -0.1) is 0 Å². The average Bonchev–Trinajstić information content (AvgIpc) is 3.43. The van der Waals surface area contributed by atoms with E-state index in [4.69, 9.17) is 0 Å². The number of hydrogen-bond acceptors (Lipinski definition) is 6. The van der Waals surface area contributed by atoms with Crippen molar-refractivity contribution >= 4 is 20.9 Å². The zero-order chi connectivity index (χ0) is 26.3. The average molecular weight is 529 g/mol. The molecule has 0 saturated heterocycles. The van der Waals surface area contributed by atoms with E-state index < -0.39 is 33.7 Å². The van der Waals surface area contributed by atoms with E-state index in [0.29, 0.717) is 17.8 Å². The maximum atomic E-state index is 12.8. The zero-order valence-corrected chi connectivity index (χ0v) is 19.6. The van der Waals surface area contributed by atoms with Crippen molar-refractivity contribution in [2.45, 2.75) is 62.4 Å². The molecule has 0 bridgehead atoms. The van der Waals surface area contributed by atoms with Crippen LogP contribution in [0.3, 0.4) is 0 Å². The van der Waals surface area contributed by atoms with E-state index in [2.05, 4.69) is 20.8 Å². The third kappa shape index (κ3) is 4.98. The Labute approximate surface area is 202 Å². The topological polar surface area (TPSA) is 110 Å². The first-order valence-corrected chi connectivity index (χ1v) is 12.3. The largest absolute Gasteiger partial charge is 0.435 e. The van der Waals surface area contributed by atoms with Crippen LogP contribution in [0, 0.1) is 11.3 Å². The molecule has 14 heteroatoms. The summed E-state index contributed by atoms with van der Waals surface area (Å²) in [4.78, 5) is 7.53. The number of rotatable bonds is 7. The smallest absolute Gasteiger partial charge is 0.404 e. The van der Waals surface area contributed by atoms with Gasteiger partial charge in [-0.1, -0.05) is 12.8 Å². The molecule has 2 heterocycles. The molecule has 1 aromatic carbocycles. The first-order chi connectivity index (χ1) is 16.9. The number of hydrogen-bond donors (Lipinski definition) is 1. The zero-order valence-electron chi connectivity index (χ0n) is 18.8. The molecule has 0 unspecified atom stereocenters. The van der Waals surface area contributed by atoms with Crippen LogP contribution < -0.4 is 9.46 Å². The highest BCUT2D eigenvalue weighted by atomic mass is 32.2. The lowest BCUT2D eigenvalue weighted by Gasteiger charge is -2.18. The minimum absolute atomic E-state index is 0.0335. The van der Waals surface area contributed by atoms with Crippen molar-refractivity contribution in [2.24, 2.45) is 0 Å². The van der Waals surface area contributed by atoms with E-state index >= 15 is 0 Å². The molecule has 0 amide bonds. The molecule has 2 aromatic heterocycles. The Bertz CT molecular complexity index is 1410. The van der Waals surface area contributed by atoms with Crippen LogP contribution in [0.4, 0.5) is 22.0 Å². The molecule has 3 aromatic rings. The Morgan fingerprint density at radius 3 is 2.39 bits per heavy atom. The number of alkyl halides is 5. The van der Waals surface area contributed by atoms with Crippen LogP contribution in [0.15, 0.2) is 35.5 Å². The summed E-state index contributed by atoms with van der Waals surface area (Å²) < 4.78 is 96.6. The van der Waals surface area contributed by atoms with Gasteiger partial charge in [-0.2, -0.15) is 31.9 Å². The van der Waals surface area contributed by atoms with E-state index in [-0.39, 0.29) is 28.9 Å². The second kappa shape index (κ2) is 9.62. The fourth-order valence-electron chi connectivity index (χ4n) is 4.29. The Kier molecular flexibility index (Phi) is 6.89. The molecule has 4 rings (SSSR count). The number of halogens is 5. The highest BCUT2D eigenvalue weighted by molar-refractivity contribution is 7.89. The lowest BCUT2D eigenvalue weighted by Crippen LogP contribution is -2.43. The fourth-order valence-corrected chi connectivity index (χ4v) is 5.40. The van der Waals surface area contributed by atoms with Gasteiger partial charge >= 0.3 is 12.8 Å². The van der Waals surface area contributed by atoms with Crippen LogP contribution in [0.1, 0.15) is 44.2 Å². The first-order valence-electron chi connectivity index (χ1n) is 10.9. The number of aromatic nitrogens is 3. The Hall–Kier alpha value is -3.31. The van der Waals surface area contributed by atoms with Crippen LogP contribution in [-0.4, -0.2) is 41.8 Å². The molecule has 0 radical (unpaired) electrons. The Morgan fingerprint density at radius 1 is 1.19 bits per heavy atom. The lowest BCUT2D eigenvalue weighted by molar-refractivity contribution is -0.147. The number of sulfonamides is 1. The third-order valence-electron chi connectivity index (χ3n) is 5.98. The Balaban J connectivity index is 1.82. The van der Waals surface area contributed by atoms with Gasteiger partial charge in [0.1, 0.15) is 28.4 Å². The summed E-state index contributed by atoms with van der Waals surface area (Å²) in [6.45, 7) is -2.38. The van der Waals surface area contributed by atoms with Gasteiger partial charge in [0.2, 0.25) is 10.0 Å². The Morgan fingerprint density at radius 2 is 1.83 bits per heavy atom. The van der Waals surface area contributed by atoms with Crippen molar-refractivity contribution in [1.29, 1.82) is 5.26 Å². The summed E-state index contributed by atoms with van der Waals surface area (Å²) in [7, 11) is -4.58. The molecular weight excluding hydrogens is 509 g/mol. The van der Waals surface area contributed by atoms with Gasteiger partial charge in [0.05, 0.1) is 23.5 Å². The van der Waals surface area contributed by atoms with E-state index in [0.717, 1.165) is 38.1 Å². The number of nitrogens with zero attached hydrogens (tertiary/aromatic N) is 4. The van der Waals surface area contributed by atoms with Crippen molar-refractivity contribution in [3.05, 3.63) is 36.2 Å². The minimum atomic E-state index is -4.79. The molecule has 192 valence electrons. The summed E-state index contributed by atoms with van der Waals surface area (Å²) in [5, 5.41) is 10.4. The second-order valence-corrected chi connectivity index (χ2v) is 10.0. The van der Waals surface area contributed by atoms with Crippen LogP contribution in [0.5, 0.6) is 5.75 Å². The lowest BCUT2D eigenvalue weighted by atomic mass is 10.1. The number of fused-ring (bicyclic) bond motifs is 1. The molecule has 8 nitrogen and oxygen atoms in total. The minimum Gasteiger partial charge on any atom is -0.435 e. The van der Waals surface area contributed by atoms with Gasteiger partial charge in [-0.3, -0.25) is 0 Å². The maximum Gasteiger partial charge on any atom is 0.404 e. The molecule has 1 atom stereocenters.